The number of carbonyl (C=O) groups excluding carboxylic acids is 2. The number of rotatable bonds is 3. The number of nitrogens with one attached hydrogen (secondary N) is 1. The van der Waals surface area contributed by atoms with E-state index in [1.165, 1.54) is 25.3 Å². The molecule has 1 N–H and O–H groups in total. The second kappa shape index (κ2) is 8.04. The van der Waals surface area contributed by atoms with Gasteiger partial charge < -0.3 is 19.1 Å². The number of H-pyrrole nitrogens is 1. The lowest BCUT2D eigenvalue weighted by Gasteiger charge is -2.27. The first-order valence-electron chi connectivity index (χ1n) is 10.3. The molecule has 0 saturated heterocycles. The molecule has 0 saturated carbocycles. The lowest BCUT2D eigenvalue weighted by atomic mass is 10.0. The Morgan fingerprint density at radius 2 is 2.09 bits per heavy atom. The molecule has 1 aliphatic rings. The Labute approximate surface area is 193 Å². The van der Waals surface area contributed by atoms with Gasteiger partial charge in [0.25, 0.3) is 5.91 Å². The zero-order chi connectivity index (χ0) is 23.3. The largest absolute Gasteiger partial charge is 0.465 e. The van der Waals surface area contributed by atoms with Crippen LogP contribution in [-0.4, -0.2) is 40.6 Å². The summed E-state index contributed by atoms with van der Waals surface area (Å²) in [5, 5.41) is 4.94. The van der Waals surface area contributed by atoms with Crippen molar-refractivity contribution in [1.29, 1.82) is 0 Å². The number of halogens is 2. The monoisotopic (exact) mass is 467 g/mol. The standard InChI is InChI=1S/C24H19ClFN3O4/c1-12-20(22(28-33-12)21-16(25)4-3-5-17(21)26)23(30)29-9-8-19-15(11-29)14-10-13(24(31)32-2)6-7-18(14)27-19/h3-7,10,27H,8-9,11H2,1-2H3. The SMILES string of the molecule is COC(=O)c1ccc2[nH]c3c(c2c1)CN(C(=O)c1c(-c2c(F)cccc2Cl)noc1C)CC3. The molecule has 0 fully saturated rings. The van der Waals surface area contributed by atoms with Crippen LogP contribution in [0.1, 0.15) is 37.7 Å². The summed E-state index contributed by atoms with van der Waals surface area (Å²) < 4.78 is 24.7. The molecule has 0 aliphatic carbocycles. The van der Waals surface area contributed by atoms with E-state index in [1.807, 2.05) is 6.07 Å². The van der Waals surface area contributed by atoms with Crippen molar-refractivity contribution in [2.75, 3.05) is 13.7 Å². The molecule has 0 spiro atoms. The molecule has 33 heavy (non-hydrogen) atoms. The number of fused-ring (bicyclic) bond motifs is 3. The van der Waals surface area contributed by atoms with Crippen LogP contribution < -0.4 is 0 Å². The zero-order valence-electron chi connectivity index (χ0n) is 17.9. The molecule has 3 heterocycles. The van der Waals surface area contributed by atoms with E-state index in [-0.39, 0.29) is 33.5 Å². The molecule has 7 nitrogen and oxygen atoms in total. The number of esters is 1. The maximum absolute atomic E-state index is 14.6. The van der Waals surface area contributed by atoms with Crippen LogP contribution >= 0.6 is 11.6 Å². The van der Waals surface area contributed by atoms with Crippen LogP contribution in [0.3, 0.4) is 0 Å². The summed E-state index contributed by atoms with van der Waals surface area (Å²) in [6.07, 6.45) is 0.601. The van der Waals surface area contributed by atoms with Crippen LogP contribution in [0.15, 0.2) is 40.9 Å². The van der Waals surface area contributed by atoms with E-state index in [2.05, 4.69) is 10.1 Å². The average Bonchev–Trinajstić information content (AvgIpc) is 3.37. The lowest BCUT2D eigenvalue weighted by Crippen LogP contribution is -2.36. The number of hydrogen-bond donors (Lipinski definition) is 1. The normalized spacial score (nSPS) is 13.3. The molecule has 2 aromatic heterocycles. The molecule has 0 radical (unpaired) electrons. The Kier molecular flexibility index (Phi) is 5.17. The number of hydrogen-bond acceptors (Lipinski definition) is 5. The second-order valence-corrected chi connectivity index (χ2v) is 8.28. The molecule has 0 unspecified atom stereocenters. The molecule has 2 aromatic carbocycles. The smallest absolute Gasteiger partial charge is 0.337 e. The highest BCUT2D eigenvalue weighted by molar-refractivity contribution is 6.33. The van der Waals surface area contributed by atoms with E-state index in [0.29, 0.717) is 25.1 Å². The first-order chi connectivity index (χ1) is 15.9. The summed E-state index contributed by atoms with van der Waals surface area (Å²) in [6.45, 7) is 2.38. The molecule has 1 aliphatic heterocycles. The fourth-order valence-corrected chi connectivity index (χ4v) is 4.56. The van der Waals surface area contributed by atoms with E-state index >= 15 is 0 Å². The van der Waals surface area contributed by atoms with Gasteiger partial charge in [0.1, 0.15) is 22.8 Å². The Morgan fingerprint density at radius 1 is 1.27 bits per heavy atom. The van der Waals surface area contributed by atoms with Gasteiger partial charge in [0.05, 0.1) is 23.3 Å². The number of amides is 1. The van der Waals surface area contributed by atoms with Crippen molar-refractivity contribution in [3.05, 3.63) is 75.4 Å². The summed E-state index contributed by atoms with van der Waals surface area (Å²) in [5.74, 6) is -1.06. The predicted octanol–water partition coefficient (Wildman–Crippen LogP) is 4.91. The maximum Gasteiger partial charge on any atom is 0.337 e. The third-order valence-corrected chi connectivity index (χ3v) is 6.27. The van der Waals surface area contributed by atoms with Crippen molar-refractivity contribution in [2.45, 2.75) is 19.9 Å². The van der Waals surface area contributed by atoms with E-state index < -0.39 is 11.8 Å². The van der Waals surface area contributed by atoms with Crippen molar-refractivity contribution < 1.29 is 23.2 Å². The third-order valence-electron chi connectivity index (χ3n) is 5.96. The number of ether oxygens (including phenoxy) is 1. The van der Waals surface area contributed by atoms with Crippen molar-refractivity contribution in [3.8, 4) is 11.3 Å². The summed E-state index contributed by atoms with van der Waals surface area (Å²) in [6, 6.07) is 9.58. The maximum atomic E-state index is 14.6. The van der Waals surface area contributed by atoms with Crippen molar-refractivity contribution >= 4 is 34.4 Å². The highest BCUT2D eigenvalue weighted by Crippen LogP contribution is 2.35. The molecule has 5 rings (SSSR count). The predicted molar refractivity (Wildman–Crippen MR) is 120 cm³/mol. The number of aryl methyl sites for hydroxylation is 1. The van der Waals surface area contributed by atoms with Gasteiger partial charge in [-0.2, -0.15) is 0 Å². The molecule has 168 valence electrons. The molecule has 1 amide bonds. The van der Waals surface area contributed by atoms with Crippen LogP contribution in [0.25, 0.3) is 22.2 Å². The summed E-state index contributed by atoms with van der Waals surface area (Å²) >= 11 is 6.22. The van der Waals surface area contributed by atoms with Crippen LogP contribution in [0, 0.1) is 12.7 Å². The summed E-state index contributed by atoms with van der Waals surface area (Å²) in [5.41, 5.74) is 3.54. The minimum Gasteiger partial charge on any atom is -0.465 e. The van der Waals surface area contributed by atoms with Crippen LogP contribution in [0.4, 0.5) is 4.39 Å². The molecule has 0 bridgehead atoms. The molecular formula is C24H19ClFN3O4. The zero-order valence-corrected chi connectivity index (χ0v) is 18.6. The minimum absolute atomic E-state index is 0.0341. The van der Waals surface area contributed by atoms with E-state index in [4.69, 9.17) is 20.9 Å². The minimum atomic E-state index is -0.585. The van der Waals surface area contributed by atoms with Gasteiger partial charge in [0.15, 0.2) is 0 Å². The van der Waals surface area contributed by atoms with Crippen LogP contribution in [-0.2, 0) is 17.7 Å². The Morgan fingerprint density at radius 3 is 2.85 bits per heavy atom. The summed E-state index contributed by atoms with van der Waals surface area (Å²) in [7, 11) is 1.33. The van der Waals surface area contributed by atoms with E-state index in [0.717, 1.165) is 22.2 Å². The third kappa shape index (κ3) is 3.47. The van der Waals surface area contributed by atoms with Gasteiger partial charge in [-0.15, -0.1) is 0 Å². The fourth-order valence-electron chi connectivity index (χ4n) is 4.31. The van der Waals surface area contributed by atoms with Gasteiger partial charge in [-0.1, -0.05) is 22.8 Å². The molecule has 0 atom stereocenters. The van der Waals surface area contributed by atoms with Crippen molar-refractivity contribution in [1.82, 2.24) is 15.0 Å². The summed E-state index contributed by atoms with van der Waals surface area (Å²) in [4.78, 5) is 30.6. The topological polar surface area (TPSA) is 88.4 Å². The highest BCUT2D eigenvalue weighted by atomic mass is 35.5. The molecule has 4 aromatic rings. The van der Waals surface area contributed by atoms with Gasteiger partial charge >= 0.3 is 5.97 Å². The van der Waals surface area contributed by atoms with E-state index in [9.17, 15) is 14.0 Å². The lowest BCUT2D eigenvalue weighted by molar-refractivity contribution is 0.0600. The number of aromatic nitrogens is 2. The van der Waals surface area contributed by atoms with Gasteiger partial charge in [0.2, 0.25) is 0 Å². The fraction of sp³-hybridized carbons (Fsp3) is 0.208. The number of aromatic amines is 1. The van der Waals surface area contributed by atoms with Gasteiger partial charge in [0, 0.05) is 41.7 Å². The van der Waals surface area contributed by atoms with Gasteiger partial charge in [-0.3, -0.25) is 4.79 Å². The number of benzene rings is 2. The molecule has 9 heteroatoms. The number of methoxy groups -OCH3 is 1. The van der Waals surface area contributed by atoms with E-state index in [1.54, 1.807) is 24.0 Å². The van der Waals surface area contributed by atoms with Gasteiger partial charge in [-0.25, -0.2) is 9.18 Å². The highest BCUT2D eigenvalue weighted by Gasteiger charge is 2.31. The first-order valence-corrected chi connectivity index (χ1v) is 10.7. The molecular weight excluding hydrogens is 449 g/mol. The van der Waals surface area contributed by atoms with Gasteiger partial charge in [-0.05, 0) is 37.3 Å². The van der Waals surface area contributed by atoms with Crippen LogP contribution in [0.5, 0.6) is 0 Å². The van der Waals surface area contributed by atoms with Crippen molar-refractivity contribution in [2.24, 2.45) is 0 Å². The number of carbonyl (C=O) groups is 2. The van der Waals surface area contributed by atoms with Crippen LogP contribution in [0.2, 0.25) is 5.02 Å². The quantitative estimate of drug-likeness (QED) is 0.432. The average molecular weight is 468 g/mol. The second-order valence-electron chi connectivity index (χ2n) is 7.87. The first kappa shape index (κ1) is 21.2. The Bertz CT molecular complexity index is 1400. The Hall–Kier alpha value is -3.65. The van der Waals surface area contributed by atoms with Crippen molar-refractivity contribution in [3.63, 3.8) is 0 Å². The number of nitrogens with zero attached hydrogens (tertiary/aromatic N) is 2. The Balaban J connectivity index is 1.53.